The molecule has 0 aliphatic heterocycles. The van der Waals surface area contributed by atoms with Gasteiger partial charge in [0.15, 0.2) is 0 Å². The lowest BCUT2D eigenvalue weighted by Gasteiger charge is -2.15. The highest BCUT2D eigenvalue weighted by Crippen LogP contribution is 2.38. The van der Waals surface area contributed by atoms with Crippen molar-refractivity contribution in [2.45, 2.75) is 19.8 Å². The van der Waals surface area contributed by atoms with Gasteiger partial charge in [0.25, 0.3) is 5.91 Å². The predicted molar refractivity (Wildman–Crippen MR) is 98.8 cm³/mol. The van der Waals surface area contributed by atoms with Crippen LogP contribution in [-0.2, 0) is 6.42 Å². The van der Waals surface area contributed by atoms with Crippen LogP contribution in [0.1, 0.15) is 35.0 Å². The molecule has 6 heteroatoms. The molecule has 0 atom stereocenters. The molecule has 3 rings (SSSR count). The van der Waals surface area contributed by atoms with Crippen LogP contribution in [0.15, 0.2) is 29.4 Å². The molecule has 25 heavy (non-hydrogen) atoms. The summed E-state index contributed by atoms with van der Waals surface area (Å²) in [6.45, 7) is 2.02. The van der Waals surface area contributed by atoms with Crippen molar-refractivity contribution >= 4 is 28.8 Å². The Morgan fingerprint density at radius 3 is 2.72 bits per heavy atom. The summed E-state index contributed by atoms with van der Waals surface area (Å²) in [6.07, 6.45) is 3.00. The lowest BCUT2D eigenvalue weighted by atomic mass is 9.98. The highest BCUT2D eigenvalue weighted by Gasteiger charge is 2.24. The van der Waals surface area contributed by atoms with Gasteiger partial charge >= 0.3 is 0 Å². The number of aromatic nitrogens is 1. The maximum Gasteiger partial charge on any atom is 0.258 e. The maximum atomic E-state index is 15.0. The van der Waals surface area contributed by atoms with E-state index in [-0.39, 0.29) is 11.3 Å². The fourth-order valence-corrected chi connectivity index (χ4v) is 3.44. The van der Waals surface area contributed by atoms with Crippen molar-refractivity contribution in [3.8, 4) is 11.1 Å². The molecule has 2 aromatic rings. The van der Waals surface area contributed by atoms with Crippen molar-refractivity contribution in [2.75, 3.05) is 19.8 Å². The lowest BCUT2D eigenvalue weighted by Crippen LogP contribution is -2.24. The van der Waals surface area contributed by atoms with Crippen LogP contribution < -0.4 is 5.73 Å². The van der Waals surface area contributed by atoms with Crippen LogP contribution in [0.3, 0.4) is 0 Å². The summed E-state index contributed by atoms with van der Waals surface area (Å²) < 4.78 is 15.0. The molecule has 1 aromatic carbocycles. The Bertz CT molecular complexity index is 906. The lowest BCUT2D eigenvalue weighted by molar-refractivity contribution is 0.0824. The SMILES string of the molecule is CCC1=C(Cl)Cc2ncc(-c3ccc(N)c(C(=O)N(C)C)c3F)cc21. The number of nitrogen functional groups attached to an aromatic ring is 1. The van der Waals surface area contributed by atoms with Crippen LogP contribution in [0, 0.1) is 5.82 Å². The summed E-state index contributed by atoms with van der Waals surface area (Å²) in [4.78, 5) is 18.0. The number of carbonyl (C=O) groups is 1. The smallest absolute Gasteiger partial charge is 0.258 e. The van der Waals surface area contributed by atoms with Gasteiger partial charge in [-0.2, -0.15) is 0 Å². The number of halogens is 2. The number of benzene rings is 1. The Labute approximate surface area is 151 Å². The van der Waals surface area contributed by atoms with Crippen molar-refractivity contribution in [3.05, 3.63) is 52.1 Å². The second kappa shape index (κ2) is 6.48. The number of amides is 1. The summed E-state index contributed by atoms with van der Waals surface area (Å²) in [6, 6.07) is 5.01. The number of fused-ring (bicyclic) bond motifs is 1. The van der Waals surface area contributed by atoms with E-state index in [1.807, 2.05) is 13.0 Å². The monoisotopic (exact) mass is 359 g/mol. The Morgan fingerprint density at radius 2 is 2.08 bits per heavy atom. The van der Waals surface area contributed by atoms with Gasteiger partial charge in [0.2, 0.25) is 0 Å². The van der Waals surface area contributed by atoms with E-state index < -0.39 is 11.7 Å². The molecule has 0 fully saturated rings. The van der Waals surface area contributed by atoms with Crippen LogP contribution in [0.25, 0.3) is 16.7 Å². The molecule has 0 unspecified atom stereocenters. The number of pyridine rings is 1. The van der Waals surface area contributed by atoms with E-state index in [0.717, 1.165) is 28.3 Å². The summed E-state index contributed by atoms with van der Waals surface area (Å²) in [5.41, 5.74) is 9.60. The first-order chi connectivity index (χ1) is 11.8. The largest absolute Gasteiger partial charge is 0.398 e. The molecule has 1 aromatic heterocycles. The number of nitrogens with two attached hydrogens (primary N) is 1. The number of carbonyl (C=O) groups excluding carboxylic acids is 1. The second-order valence-electron chi connectivity index (χ2n) is 6.22. The average Bonchev–Trinajstić information content (AvgIpc) is 2.88. The molecule has 1 aliphatic rings. The standard InChI is InChI=1S/C19H19ClFN3O/c1-4-11-13-7-10(9-23-16(13)8-14(11)20)12-5-6-15(22)17(18(12)21)19(25)24(2)3/h5-7,9H,4,8,22H2,1-3H3. The van der Waals surface area contributed by atoms with Crippen LogP contribution >= 0.6 is 11.6 Å². The van der Waals surface area contributed by atoms with Gasteiger partial charge in [-0.3, -0.25) is 9.78 Å². The van der Waals surface area contributed by atoms with Crippen LogP contribution in [-0.4, -0.2) is 29.9 Å². The van der Waals surface area contributed by atoms with Gasteiger partial charge in [0.05, 0.1) is 11.3 Å². The van der Waals surface area contributed by atoms with Gasteiger partial charge in [0.1, 0.15) is 5.82 Å². The van der Waals surface area contributed by atoms with E-state index in [1.165, 1.54) is 4.90 Å². The molecular weight excluding hydrogens is 341 g/mol. The quantitative estimate of drug-likeness (QED) is 0.840. The number of allylic oxidation sites excluding steroid dienone is 2. The molecule has 0 spiro atoms. The van der Waals surface area contributed by atoms with Gasteiger partial charge in [-0.05, 0) is 30.2 Å². The predicted octanol–water partition coefficient (Wildman–Crippen LogP) is 4.09. The second-order valence-corrected chi connectivity index (χ2v) is 6.68. The summed E-state index contributed by atoms with van der Waals surface area (Å²) in [7, 11) is 3.12. The Hall–Kier alpha value is -2.40. The molecule has 0 radical (unpaired) electrons. The van der Waals surface area contributed by atoms with Crippen molar-refractivity contribution in [3.63, 3.8) is 0 Å². The molecule has 4 nitrogen and oxygen atoms in total. The minimum Gasteiger partial charge on any atom is -0.398 e. The Morgan fingerprint density at radius 1 is 1.36 bits per heavy atom. The minimum atomic E-state index is -0.633. The Kier molecular flexibility index (Phi) is 4.52. The zero-order valence-corrected chi connectivity index (χ0v) is 15.1. The van der Waals surface area contributed by atoms with Gasteiger partial charge in [-0.1, -0.05) is 18.5 Å². The molecule has 2 N–H and O–H groups in total. The molecule has 130 valence electrons. The number of hydrogen-bond donors (Lipinski definition) is 1. The molecule has 0 saturated heterocycles. The molecule has 0 saturated carbocycles. The Balaban J connectivity index is 2.15. The van der Waals surface area contributed by atoms with Crippen molar-refractivity contribution < 1.29 is 9.18 Å². The zero-order chi connectivity index (χ0) is 18.3. The van der Waals surface area contributed by atoms with Gasteiger partial charge in [-0.15, -0.1) is 0 Å². The van der Waals surface area contributed by atoms with E-state index >= 15 is 4.39 Å². The summed E-state index contributed by atoms with van der Waals surface area (Å²) >= 11 is 6.29. The van der Waals surface area contributed by atoms with E-state index in [2.05, 4.69) is 4.98 Å². The minimum absolute atomic E-state index is 0.117. The van der Waals surface area contributed by atoms with Crippen molar-refractivity contribution in [2.24, 2.45) is 0 Å². The maximum absolute atomic E-state index is 15.0. The molecular formula is C19H19ClFN3O. The highest BCUT2D eigenvalue weighted by atomic mass is 35.5. The average molecular weight is 360 g/mol. The number of hydrogen-bond acceptors (Lipinski definition) is 3. The van der Waals surface area contributed by atoms with Crippen molar-refractivity contribution in [1.29, 1.82) is 0 Å². The summed E-state index contributed by atoms with van der Waals surface area (Å²) in [5, 5.41) is 0.781. The first kappa shape index (κ1) is 17.4. The van der Waals surface area contributed by atoms with E-state index in [0.29, 0.717) is 17.5 Å². The summed E-state index contributed by atoms with van der Waals surface area (Å²) in [5.74, 6) is -1.10. The highest BCUT2D eigenvalue weighted by molar-refractivity contribution is 6.33. The normalized spacial score (nSPS) is 13.2. The van der Waals surface area contributed by atoms with E-state index in [1.54, 1.807) is 32.4 Å². The molecule has 1 aliphatic carbocycles. The van der Waals surface area contributed by atoms with Gasteiger partial charge < -0.3 is 10.6 Å². The first-order valence-electron chi connectivity index (χ1n) is 8.02. The molecule has 1 heterocycles. The number of rotatable bonds is 3. The molecule has 0 bridgehead atoms. The van der Waals surface area contributed by atoms with Gasteiger partial charge in [-0.25, -0.2) is 4.39 Å². The number of nitrogens with zero attached hydrogens (tertiary/aromatic N) is 2. The molecule has 1 amide bonds. The topological polar surface area (TPSA) is 59.2 Å². The third kappa shape index (κ3) is 2.89. The third-order valence-electron chi connectivity index (χ3n) is 4.40. The van der Waals surface area contributed by atoms with Gasteiger partial charge in [0, 0.05) is 54.1 Å². The van der Waals surface area contributed by atoms with E-state index in [4.69, 9.17) is 17.3 Å². The zero-order valence-electron chi connectivity index (χ0n) is 14.4. The fourth-order valence-electron chi connectivity index (χ4n) is 3.08. The first-order valence-corrected chi connectivity index (χ1v) is 8.39. The van der Waals surface area contributed by atoms with Crippen LogP contribution in [0.4, 0.5) is 10.1 Å². The van der Waals surface area contributed by atoms with Crippen LogP contribution in [0.5, 0.6) is 0 Å². The fraction of sp³-hybridized carbons (Fsp3) is 0.263. The number of anilines is 1. The van der Waals surface area contributed by atoms with Crippen LogP contribution in [0.2, 0.25) is 0 Å². The third-order valence-corrected chi connectivity index (χ3v) is 4.77. The van der Waals surface area contributed by atoms with E-state index in [9.17, 15) is 4.79 Å². The van der Waals surface area contributed by atoms with Crippen molar-refractivity contribution in [1.82, 2.24) is 9.88 Å².